The number of hydrogen-bond donors (Lipinski definition) is 2. The average molecular weight is 456 g/mol. The van der Waals surface area contributed by atoms with E-state index in [0.29, 0.717) is 11.3 Å². The van der Waals surface area contributed by atoms with Gasteiger partial charge in [-0.1, -0.05) is 99.6 Å². The molecule has 1 aliphatic heterocycles. The number of amides is 4. The van der Waals surface area contributed by atoms with E-state index in [9.17, 15) is 14.4 Å². The molecule has 1 atom stereocenters. The zero-order chi connectivity index (χ0) is 24.3. The van der Waals surface area contributed by atoms with Crippen molar-refractivity contribution in [2.45, 2.75) is 38.1 Å². The Kier molecular flexibility index (Phi) is 6.24. The van der Waals surface area contributed by atoms with Crippen LogP contribution in [0.25, 0.3) is 0 Å². The summed E-state index contributed by atoms with van der Waals surface area (Å²) >= 11 is 0. The van der Waals surface area contributed by atoms with E-state index in [0.717, 1.165) is 16.0 Å². The first-order valence-corrected chi connectivity index (χ1v) is 11.3. The van der Waals surface area contributed by atoms with Gasteiger partial charge in [0.2, 0.25) is 5.91 Å². The molecule has 0 spiro atoms. The monoisotopic (exact) mass is 455 g/mol. The topological polar surface area (TPSA) is 78.5 Å². The van der Waals surface area contributed by atoms with Crippen molar-refractivity contribution < 1.29 is 14.4 Å². The van der Waals surface area contributed by atoms with Crippen molar-refractivity contribution in [3.05, 3.63) is 102 Å². The molecule has 0 saturated carbocycles. The van der Waals surface area contributed by atoms with Gasteiger partial charge in [-0.15, -0.1) is 0 Å². The number of imide groups is 1. The number of para-hydroxylation sites is 1. The maximum Gasteiger partial charge on any atom is 0.325 e. The van der Waals surface area contributed by atoms with Crippen LogP contribution in [0.4, 0.5) is 10.5 Å². The highest BCUT2D eigenvalue weighted by atomic mass is 16.2. The van der Waals surface area contributed by atoms with Crippen LogP contribution in [0, 0.1) is 0 Å². The summed E-state index contributed by atoms with van der Waals surface area (Å²) in [6.07, 6.45) is 0.285. The Labute approximate surface area is 200 Å². The van der Waals surface area contributed by atoms with Gasteiger partial charge in [-0.2, -0.15) is 0 Å². The second-order valence-corrected chi connectivity index (χ2v) is 9.60. The third-order valence-electron chi connectivity index (χ3n) is 6.07. The van der Waals surface area contributed by atoms with Gasteiger partial charge in [0.1, 0.15) is 6.54 Å². The molecule has 0 aliphatic carbocycles. The number of nitrogens with one attached hydrogen (secondary N) is 2. The Balaban J connectivity index is 1.60. The molecule has 1 saturated heterocycles. The molecule has 3 aromatic rings. The molecule has 3 aromatic carbocycles. The van der Waals surface area contributed by atoms with Gasteiger partial charge in [0, 0.05) is 12.1 Å². The number of rotatable bonds is 6. The van der Waals surface area contributed by atoms with E-state index in [4.69, 9.17) is 0 Å². The standard InChI is InChI=1S/C28H29N3O3/c1-27(2,3)22-16-10-11-17-23(22)29-24(32)19-31-25(33)28(30-26(31)34,21-14-8-5-9-15-21)18-20-12-6-4-7-13-20/h4-17H,18-19H2,1-3H3,(H,29,32)(H,30,34)/t28-/m0/s1. The third kappa shape index (κ3) is 4.57. The fraction of sp³-hybridized carbons (Fsp3) is 0.250. The first kappa shape index (κ1) is 23.2. The molecule has 2 N–H and O–H groups in total. The summed E-state index contributed by atoms with van der Waals surface area (Å²) in [6, 6.07) is 25.7. The Hall–Kier alpha value is -3.93. The lowest BCUT2D eigenvalue weighted by atomic mass is 9.83. The Bertz CT molecular complexity index is 1200. The first-order valence-electron chi connectivity index (χ1n) is 11.3. The molecule has 0 bridgehead atoms. The molecule has 1 heterocycles. The Morgan fingerprint density at radius 1 is 0.882 bits per heavy atom. The van der Waals surface area contributed by atoms with Gasteiger partial charge in [0.05, 0.1) is 0 Å². The van der Waals surface area contributed by atoms with E-state index < -0.39 is 23.4 Å². The SMILES string of the molecule is CC(C)(C)c1ccccc1NC(=O)CN1C(=O)N[C@@](Cc2ccccc2)(c2ccccc2)C1=O. The maximum atomic E-state index is 13.7. The number of urea groups is 1. The van der Waals surface area contributed by atoms with Crippen molar-refractivity contribution in [1.29, 1.82) is 0 Å². The molecular weight excluding hydrogens is 426 g/mol. The number of carbonyl (C=O) groups is 3. The highest BCUT2D eigenvalue weighted by Crippen LogP contribution is 2.33. The van der Waals surface area contributed by atoms with Crippen LogP contribution in [0.2, 0.25) is 0 Å². The first-order chi connectivity index (χ1) is 16.2. The minimum absolute atomic E-state index is 0.178. The average Bonchev–Trinajstić information content (AvgIpc) is 3.05. The molecule has 0 aromatic heterocycles. The van der Waals surface area contributed by atoms with Gasteiger partial charge in [0.25, 0.3) is 5.91 Å². The van der Waals surface area contributed by atoms with E-state index in [-0.39, 0.29) is 18.4 Å². The van der Waals surface area contributed by atoms with Gasteiger partial charge >= 0.3 is 6.03 Å². The molecule has 174 valence electrons. The second kappa shape index (κ2) is 9.14. The quantitative estimate of drug-likeness (QED) is 0.533. The second-order valence-electron chi connectivity index (χ2n) is 9.60. The van der Waals surface area contributed by atoms with E-state index in [2.05, 4.69) is 31.4 Å². The summed E-state index contributed by atoms with van der Waals surface area (Å²) in [7, 11) is 0. The number of nitrogens with zero attached hydrogens (tertiary/aromatic N) is 1. The minimum atomic E-state index is -1.27. The molecule has 4 amide bonds. The highest BCUT2D eigenvalue weighted by Gasteiger charge is 2.52. The van der Waals surface area contributed by atoms with Crippen LogP contribution >= 0.6 is 0 Å². The lowest BCUT2D eigenvalue weighted by Gasteiger charge is -2.27. The van der Waals surface area contributed by atoms with Crippen molar-refractivity contribution in [2.24, 2.45) is 0 Å². The largest absolute Gasteiger partial charge is 0.325 e. The molecule has 6 nitrogen and oxygen atoms in total. The molecule has 0 radical (unpaired) electrons. The van der Waals surface area contributed by atoms with Crippen molar-refractivity contribution in [2.75, 3.05) is 11.9 Å². The zero-order valence-electron chi connectivity index (χ0n) is 19.7. The van der Waals surface area contributed by atoms with Crippen LogP contribution < -0.4 is 10.6 Å². The van der Waals surface area contributed by atoms with Gasteiger partial charge < -0.3 is 10.6 Å². The Morgan fingerprint density at radius 2 is 1.47 bits per heavy atom. The smallest absolute Gasteiger partial charge is 0.324 e. The van der Waals surface area contributed by atoms with E-state index in [1.807, 2.05) is 84.9 Å². The van der Waals surface area contributed by atoms with Crippen molar-refractivity contribution >= 4 is 23.5 Å². The number of hydrogen-bond acceptors (Lipinski definition) is 3. The summed E-state index contributed by atoms with van der Waals surface area (Å²) in [5.41, 5.74) is 1.78. The van der Waals surface area contributed by atoms with Gasteiger partial charge in [-0.05, 0) is 28.2 Å². The summed E-state index contributed by atoms with van der Waals surface area (Å²) in [6.45, 7) is 5.82. The van der Waals surface area contributed by atoms with Gasteiger partial charge in [0.15, 0.2) is 5.54 Å². The predicted octanol–water partition coefficient (Wildman–Crippen LogP) is 4.61. The van der Waals surface area contributed by atoms with Crippen molar-refractivity contribution in [3.8, 4) is 0 Å². The van der Waals surface area contributed by atoms with Crippen molar-refractivity contribution in [3.63, 3.8) is 0 Å². The summed E-state index contributed by atoms with van der Waals surface area (Å²) in [5.74, 6) is -0.865. The lowest BCUT2D eigenvalue weighted by molar-refractivity contribution is -0.134. The molecular formula is C28H29N3O3. The molecule has 4 rings (SSSR count). The van der Waals surface area contributed by atoms with Gasteiger partial charge in [-0.3, -0.25) is 14.5 Å². The fourth-order valence-electron chi connectivity index (χ4n) is 4.39. The van der Waals surface area contributed by atoms with Crippen LogP contribution in [0.3, 0.4) is 0 Å². The van der Waals surface area contributed by atoms with Crippen LogP contribution in [-0.4, -0.2) is 29.3 Å². The summed E-state index contributed by atoms with van der Waals surface area (Å²) < 4.78 is 0. The van der Waals surface area contributed by atoms with Crippen molar-refractivity contribution in [1.82, 2.24) is 10.2 Å². The van der Waals surface area contributed by atoms with Crippen LogP contribution in [0.1, 0.15) is 37.5 Å². The predicted molar refractivity (Wildman–Crippen MR) is 132 cm³/mol. The summed E-state index contributed by atoms with van der Waals surface area (Å²) in [5, 5.41) is 5.78. The molecule has 6 heteroatoms. The molecule has 0 unspecified atom stereocenters. The Morgan fingerprint density at radius 3 is 2.12 bits per heavy atom. The summed E-state index contributed by atoms with van der Waals surface area (Å²) in [4.78, 5) is 40.7. The normalized spacial score (nSPS) is 18.0. The minimum Gasteiger partial charge on any atom is -0.324 e. The lowest BCUT2D eigenvalue weighted by Crippen LogP contribution is -2.46. The highest BCUT2D eigenvalue weighted by molar-refractivity contribution is 6.10. The molecule has 34 heavy (non-hydrogen) atoms. The van der Waals surface area contributed by atoms with Crippen LogP contribution in [0.5, 0.6) is 0 Å². The fourth-order valence-corrected chi connectivity index (χ4v) is 4.39. The van der Waals surface area contributed by atoms with E-state index >= 15 is 0 Å². The van der Waals surface area contributed by atoms with Crippen LogP contribution in [0.15, 0.2) is 84.9 Å². The third-order valence-corrected chi connectivity index (χ3v) is 6.07. The number of carbonyl (C=O) groups excluding carboxylic acids is 3. The zero-order valence-corrected chi connectivity index (χ0v) is 19.7. The molecule has 1 fully saturated rings. The van der Waals surface area contributed by atoms with E-state index in [1.54, 1.807) is 0 Å². The van der Waals surface area contributed by atoms with E-state index in [1.165, 1.54) is 0 Å². The number of benzene rings is 3. The van der Waals surface area contributed by atoms with Gasteiger partial charge in [-0.25, -0.2) is 4.79 Å². The van der Waals surface area contributed by atoms with Crippen LogP contribution in [-0.2, 0) is 27.0 Å². The molecule has 1 aliphatic rings. The maximum absolute atomic E-state index is 13.7. The number of anilines is 1.